The van der Waals surface area contributed by atoms with Crippen molar-refractivity contribution in [3.8, 4) is 6.07 Å². The van der Waals surface area contributed by atoms with E-state index in [1.54, 1.807) is 6.07 Å². The van der Waals surface area contributed by atoms with Gasteiger partial charge in [0, 0.05) is 6.07 Å². The molecule has 1 rings (SSSR count). The second-order valence-corrected chi connectivity index (χ2v) is 3.34. The summed E-state index contributed by atoms with van der Waals surface area (Å²) in [5.74, 6) is 0. The minimum Gasteiger partial charge on any atom is -0.394 e. The van der Waals surface area contributed by atoms with Crippen LogP contribution in [0.15, 0.2) is 18.2 Å². The van der Waals surface area contributed by atoms with Gasteiger partial charge in [0.15, 0.2) is 0 Å². The Balaban J connectivity index is 3.24. The monoisotopic (exact) mass is 238 g/mol. The van der Waals surface area contributed by atoms with E-state index in [1.807, 2.05) is 0 Å². The summed E-state index contributed by atoms with van der Waals surface area (Å²) in [6, 6.07) is 5.20. The van der Waals surface area contributed by atoms with Crippen LogP contribution in [-0.4, -0.2) is 33.0 Å². The maximum absolute atomic E-state index is 10.7. The van der Waals surface area contributed by atoms with Gasteiger partial charge in [0.05, 0.1) is 28.7 Å². The average molecular weight is 238 g/mol. The Morgan fingerprint density at radius 2 is 2.12 bits per heavy atom. The van der Waals surface area contributed by atoms with E-state index >= 15 is 0 Å². The van der Waals surface area contributed by atoms with Crippen molar-refractivity contribution < 1.29 is 20.2 Å². The van der Waals surface area contributed by atoms with Crippen molar-refractivity contribution in [2.24, 2.45) is 0 Å². The van der Waals surface area contributed by atoms with E-state index < -0.39 is 29.4 Å². The fourth-order valence-corrected chi connectivity index (χ4v) is 1.33. The lowest BCUT2D eigenvalue weighted by atomic mass is 10.0. The number of nitrogens with zero attached hydrogens (tertiary/aromatic N) is 2. The molecule has 0 radical (unpaired) electrons. The molecule has 7 nitrogen and oxygen atoms in total. The summed E-state index contributed by atoms with van der Waals surface area (Å²) in [6.07, 6.45) is -3.09. The van der Waals surface area contributed by atoms with Gasteiger partial charge in [-0.05, 0) is 12.1 Å². The topological polar surface area (TPSA) is 128 Å². The fourth-order valence-electron chi connectivity index (χ4n) is 1.33. The van der Waals surface area contributed by atoms with Crippen LogP contribution in [0, 0.1) is 21.4 Å². The molecule has 0 aromatic heterocycles. The van der Waals surface area contributed by atoms with Gasteiger partial charge in [-0.3, -0.25) is 10.1 Å². The van der Waals surface area contributed by atoms with Crippen LogP contribution in [0.4, 0.5) is 5.69 Å². The highest BCUT2D eigenvalue weighted by Gasteiger charge is 2.26. The number of nitro groups is 1. The number of benzene rings is 1. The van der Waals surface area contributed by atoms with Crippen LogP contribution in [-0.2, 0) is 0 Å². The quantitative estimate of drug-likeness (QED) is 0.494. The van der Waals surface area contributed by atoms with Crippen molar-refractivity contribution in [3.63, 3.8) is 0 Å². The maximum Gasteiger partial charge on any atom is 0.276 e. The molecule has 0 amide bonds. The van der Waals surface area contributed by atoms with Crippen LogP contribution in [0.2, 0.25) is 0 Å². The van der Waals surface area contributed by atoms with E-state index in [9.17, 15) is 20.3 Å². The highest BCUT2D eigenvalue weighted by Crippen LogP contribution is 2.28. The minimum absolute atomic E-state index is 0.0751. The lowest BCUT2D eigenvalue weighted by molar-refractivity contribution is -0.386. The van der Waals surface area contributed by atoms with Crippen LogP contribution in [0.5, 0.6) is 0 Å². The molecule has 0 heterocycles. The van der Waals surface area contributed by atoms with Crippen molar-refractivity contribution in [2.75, 3.05) is 6.61 Å². The van der Waals surface area contributed by atoms with Crippen LogP contribution in [0.1, 0.15) is 17.2 Å². The number of hydrogen-bond acceptors (Lipinski definition) is 6. The molecule has 90 valence electrons. The number of aliphatic hydroxyl groups excluding tert-OH is 3. The molecule has 1 aromatic rings. The van der Waals surface area contributed by atoms with Gasteiger partial charge in [-0.25, -0.2) is 0 Å². The third kappa shape index (κ3) is 2.76. The molecule has 0 saturated carbocycles. The molecule has 0 aliphatic heterocycles. The van der Waals surface area contributed by atoms with Crippen molar-refractivity contribution >= 4 is 5.69 Å². The molecular weight excluding hydrogens is 228 g/mol. The summed E-state index contributed by atoms with van der Waals surface area (Å²) in [4.78, 5) is 9.99. The zero-order valence-corrected chi connectivity index (χ0v) is 8.65. The van der Waals surface area contributed by atoms with E-state index in [4.69, 9.17) is 10.4 Å². The third-order valence-electron chi connectivity index (χ3n) is 2.23. The number of hydrogen-bond donors (Lipinski definition) is 3. The standard InChI is InChI=1S/C10H10N2O5/c11-4-6-1-2-7(8(3-6)12(16)17)10(15)9(14)5-13/h1-3,9-10,13-15H,5H2. The number of nitro benzene ring substituents is 1. The first-order valence-electron chi connectivity index (χ1n) is 4.66. The van der Waals surface area contributed by atoms with Crippen molar-refractivity contribution in [2.45, 2.75) is 12.2 Å². The van der Waals surface area contributed by atoms with Gasteiger partial charge in [-0.15, -0.1) is 0 Å². The second kappa shape index (κ2) is 5.36. The van der Waals surface area contributed by atoms with Crippen LogP contribution >= 0.6 is 0 Å². The van der Waals surface area contributed by atoms with Crippen LogP contribution in [0.3, 0.4) is 0 Å². The van der Waals surface area contributed by atoms with Gasteiger partial charge < -0.3 is 15.3 Å². The predicted octanol–water partition coefficient (Wildman–Crippen LogP) is -0.147. The van der Waals surface area contributed by atoms with Gasteiger partial charge in [0.25, 0.3) is 5.69 Å². The highest BCUT2D eigenvalue weighted by molar-refractivity contribution is 5.48. The zero-order chi connectivity index (χ0) is 13.0. The molecular formula is C10H10N2O5. The summed E-state index contributed by atoms with van der Waals surface area (Å²) in [7, 11) is 0. The molecule has 0 aliphatic rings. The normalized spacial score (nSPS) is 13.8. The lowest BCUT2D eigenvalue weighted by Crippen LogP contribution is -2.22. The highest BCUT2D eigenvalue weighted by atomic mass is 16.6. The largest absolute Gasteiger partial charge is 0.394 e. The Morgan fingerprint density at radius 1 is 1.47 bits per heavy atom. The lowest BCUT2D eigenvalue weighted by Gasteiger charge is -2.15. The first kappa shape index (κ1) is 13.1. The Morgan fingerprint density at radius 3 is 2.59 bits per heavy atom. The van der Waals surface area contributed by atoms with E-state index in [2.05, 4.69) is 0 Å². The summed E-state index contributed by atoms with van der Waals surface area (Å²) >= 11 is 0. The van der Waals surface area contributed by atoms with E-state index in [0.29, 0.717) is 0 Å². The van der Waals surface area contributed by atoms with Crippen molar-refractivity contribution in [3.05, 3.63) is 39.4 Å². The Labute approximate surface area is 96.3 Å². The van der Waals surface area contributed by atoms with E-state index in [1.165, 1.54) is 12.1 Å². The summed E-state index contributed by atoms with van der Waals surface area (Å²) in [6.45, 7) is -0.724. The number of rotatable bonds is 4. The molecule has 0 bridgehead atoms. The van der Waals surface area contributed by atoms with Crippen LogP contribution < -0.4 is 0 Å². The Bertz CT molecular complexity index is 468. The summed E-state index contributed by atoms with van der Waals surface area (Å²) in [5, 5.41) is 46.8. The summed E-state index contributed by atoms with van der Waals surface area (Å²) < 4.78 is 0. The molecule has 2 unspecified atom stereocenters. The minimum atomic E-state index is -1.58. The molecule has 17 heavy (non-hydrogen) atoms. The van der Waals surface area contributed by atoms with Crippen LogP contribution in [0.25, 0.3) is 0 Å². The molecule has 0 aliphatic carbocycles. The Hall–Kier alpha value is -2.01. The second-order valence-electron chi connectivity index (χ2n) is 3.34. The predicted molar refractivity (Wildman–Crippen MR) is 55.9 cm³/mol. The van der Waals surface area contributed by atoms with Crippen molar-refractivity contribution in [1.29, 1.82) is 5.26 Å². The van der Waals surface area contributed by atoms with Gasteiger partial charge in [-0.1, -0.05) is 0 Å². The SMILES string of the molecule is N#Cc1ccc(C(O)C(O)CO)c([N+](=O)[O-])c1. The van der Waals surface area contributed by atoms with Gasteiger partial charge in [-0.2, -0.15) is 5.26 Å². The molecule has 2 atom stereocenters. The molecule has 1 aromatic carbocycles. The molecule has 3 N–H and O–H groups in total. The van der Waals surface area contributed by atoms with Gasteiger partial charge in [0.2, 0.25) is 0 Å². The Kier molecular flexibility index (Phi) is 4.12. The zero-order valence-electron chi connectivity index (χ0n) is 8.65. The van der Waals surface area contributed by atoms with E-state index in [0.717, 1.165) is 6.07 Å². The maximum atomic E-state index is 10.7. The fraction of sp³-hybridized carbons (Fsp3) is 0.300. The molecule has 7 heteroatoms. The number of aliphatic hydroxyl groups is 3. The average Bonchev–Trinajstić information content (AvgIpc) is 2.35. The number of nitriles is 1. The molecule has 0 fully saturated rings. The molecule has 0 spiro atoms. The molecule has 0 saturated heterocycles. The van der Waals surface area contributed by atoms with Gasteiger partial charge in [0.1, 0.15) is 12.2 Å². The third-order valence-corrected chi connectivity index (χ3v) is 2.23. The van der Waals surface area contributed by atoms with Gasteiger partial charge >= 0.3 is 0 Å². The van der Waals surface area contributed by atoms with Crippen molar-refractivity contribution in [1.82, 2.24) is 0 Å². The smallest absolute Gasteiger partial charge is 0.276 e. The summed E-state index contributed by atoms with van der Waals surface area (Å²) in [5.41, 5.74) is -0.536. The first-order valence-corrected chi connectivity index (χ1v) is 4.66. The first-order chi connectivity index (χ1) is 8.01. The van der Waals surface area contributed by atoms with E-state index in [-0.39, 0.29) is 11.1 Å².